The molecule has 1 fully saturated rings. The molecule has 3 nitrogen and oxygen atoms in total. The fourth-order valence-electron chi connectivity index (χ4n) is 3.10. The lowest BCUT2D eigenvalue weighted by Gasteiger charge is -2.31. The van der Waals surface area contributed by atoms with Gasteiger partial charge in [0.05, 0.1) is 12.2 Å². The second-order valence-corrected chi connectivity index (χ2v) is 6.32. The predicted molar refractivity (Wildman–Crippen MR) is 75.5 cm³/mol. The predicted octanol–water partition coefficient (Wildman–Crippen LogP) is 2.31. The SMILES string of the molecule is CN[C@@H](CC1CCCCC1)[C@@H](O)[C@@H](O)CC(C)C. The Hall–Kier alpha value is -0.120. The van der Waals surface area contributed by atoms with Crippen LogP contribution in [0, 0.1) is 11.8 Å². The quantitative estimate of drug-likeness (QED) is 0.656. The van der Waals surface area contributed by atoms with E-state index >= 15 is 0 Å². The first-order valence-electron chi connectivity index (χ1n) is 7.58. The largest absolute Gasteiger partial charge is 0.390 e. The van der Waals surface area contributed by atoms with E-state index < -0.39 is 12.2 Å². The van der Waals surface area contributed by atoms with Gasteiger partial charge >= 0.3 is 0 Å². The molecule has 1 aliphatic rings. The van der Waals surface area contributed by atoms with Crippen LogP contribution in [0.5, 0.6) is 0 Å². The van der Waals surface area contributed by atoms with Crippen LogP contribution in [0.15, 0.2) is 0 Å². The van der Waals surface area contributed by atoms with E-state index in [2.05, 4.69) is 19.2 Å². The highest BCUT2D eigenvalue weighted by atomic mass is 16.3. The van der Waals surface area contributed by atoms with Crippen molar-refractivity contribution in [3.05, 3.63) is 0 Å². The Morgan fingerprint density at radius 3 is 2.22 bits per heavy atom. The second kappa shape index (κ2) is 8.13. The zero-order valence-corrected chi connectivity index (χ0v) is 12.2. The monoisotopic (exact) mass is 257 g/mol. The summed E-state index contributed by atoms with van der Waals surface area (Å²) < 4.78 is 0. The van der Waals surface area contributed by atoms with Gasteiger partial charge in [-0.05, 0) is 31.7 Å². The topological polar surface area (TPSA) is 52.5 Å². The number of hydrogen-bond acceptors (Lipinski definition) is 3. The normalized spacial score (nSPS) is 23.0. The van der Waals surface area contributed by atoms with Crippen LogP contribution in [-0.2, 0) is 0 Å². The molecule has 108 valence electrons. The third-order valence-electron chi connectivity index (χ3n) is 4.20. The minimum absolute atomic E-state index is 0.0295. The zero-order chi connectivity index (χ0) is 13.5. The third-order valence-corrected chi connectivity index (χ3v) is 4.20. The van der Waals surface area contributed by atoms with Crippen LogP contribution >= 0.6 is 0 Å². The van der Waals surface area contributed by atoms with Crippen molar-refractivity contribution in [2.24, 2.45) is 11.8 Å². The van der Waals surface area contributed by atoms with Gasteiger partial charge in [0.25, 0.3) is 0 Å². The number of likely N-dealkylation sites (N-methyl/N-ethyl adjacent to an activating group) is 1. The summed E-state index contributed by atoms with van der Waals surface area (Å²) in [5.41, 5.74) is 0. The van der Waals surface area contributed by atoms with Crippen LogP contribution in [0.25, 0.3) is 0 Å². The molecule has 3 heteroatoms. The summed E-state index contributed by atoms with van der Waals surface area (Å²) >= 11 is 0. The van der Waals surface area contributed by atoms with Gasteiger partial charge in [0.2, 0.25) is 0 Å². The summed E-state index contributed by atoms with van der Waals surface area (Å²) in [5, 5.41) is 23.5. The number of aliphatic hydroxyl groups excluding tert-OH is 2. The minimum Gasteiger partial charge on any atom is -0.390 e. The van der Waals surface area contributed by atoms with Crippen molar-refractivity contribution >= 4 is 0 Å². The van der Waals surface area contributed by atoms with E-state index in [0.717, 1.165) is 12.3 Å². The molecular formula is C15H31NO2. The second-order valence-electron chi connectivity index (χ2n) is 6.32. The third kappa shape index (κ3) is 5.25. The molecule has 0 saturated heterocycles. The summed E-state index contributed by atoms with van der Waals surface area (Å²) in [4.78, 5) is 0. The van der Waals surface area contributed by atoms with Gasteiger partial charge in [0.15, 0.2) is 0 Å². The highest BCUT2D eigenvalue weighted by Crippen LogP contribution is 2.28. The van der Waals surface area contributed by atoms with Crippen LogP contribution < -0.4 is 5.32 Å². The van der Waals surface area contributed by atoms with Crippen molar-refractivity contribution < 1.29 is 10.2 Å². The van der Waals surface area contributed by atoms with Gasteiger partial charge in [-0.2, -0.15) is 0 Å². The number of rotatable bonds is 7. The van der Waals surface area contributed by atoms with E-state index in [1.54, 1.807) is 0 Å². The summed E-state index contributed by atoms with van der Waals surface area (Å²) in [6.45, 7) is 4.15. The lowest BCUT2D eigenvalue weighted by molar-refractivity contribution is -0.0182. The molecular weight excluding hydrogens is 226 g/mol. The average Bonchev–Trinajstić information content (AvgIpc) is 2.35. The molecule has 0 spiro atoms. The molecule has 3 atom stereocenters. The fraction of sp³-hybridized carbons (Fsp3) is 1.00. The van der Waals surface area contributed by atoms with Gasteiger partial charge in [0, 0.05) is 6.04 Å². The van der Waals surface area contributed by atoms with Gasteiger partial charge in [-0.3, -0.25) is 0 Å². The molecule has 18 heavy (non-hydrogen) atoms. The molecule has 3 N–H and O–H groups in total. The maximum atomic E-state index is 10.2. The molecule has 0 heterocycles. The molecule has 0 aromatic heterocycles. The highest BCUT2D eigenvalue weighted by Gasteiger charge is 2.28. The van der Waals surface area contributed by atoms with E-state index in [-0.39, 0.29) is 6.04 Å². The van der Waals surface area contributed by atoms with E-state index in [9.17, 15) is 10.2 Å². The molecule has 0 aromatic rings. The van der Waals surface area contributed by atoms with E-state index in [4.69, 9.17) is 0 Å². The number of aliphatic hydroxyl groups is 2. The molecule has 1 saturated carbocycles. The van der Waals surface area contributed by atoms with Crippen molar-refractivity contribution in [2.45, 2.75) is 77.0 Å². The van der Waals surface area contributed by atoms with Gasteiger partial charge in [0.1, 0.15) is 0 Å². The molecule has 0 aromatic carbocycles. The van der Waals surface area contributed by atoms with Crippen molar-refractivity contribution in [1.82, 2.24) is 5.32 Å². The summed E-state index contributed by atoms with van der Waals surface area (Å²) in [6.07, 6.45) is 6.99. The minimum atomic E-state index is -0.640. The Labute approximate surface area is 112 Å². The van der Waals surface area contributed by atoms with Gasteiger partial charge in [-0.1, -0.05) is 46.0 Å². The van der Waals surface area contributed by atoms with Crippen molar-refractivity contribution in [1.29, 1.82) is 0 Å². The molecule has 0 amide bonds. The van der Waals surface area contributed by atoms with E-state index in [1.807, 2.05) is 7.05 Å². The first-order valence-corrected chi connectivity index (χ1v) is 7.58. The lowest BCUT2D eigenvalue weighted by Crippen LogP contribution is -2.46. The average molecular weight is 257 g/mol. The molecule has 1 aliphatic carbocycles. The van der Waals surface area contributed by atoms with Crippen molar-refractivity contribution in [3.63, 3.8) is 0 Å². The Morgan fingerprint density at radius 1 is 1.11 bits per heavy atom. The summed E-state index contributed by atoms with van der Waals surface area (Å²) in [5.74, 6) is 1.14. The summed E-state index contributed by atoms with van der Waals surface area (Å²) in [7, 11) is 1.89. The number of nitrogens with one attached hydrogen (secondary N) is 1. The summed E-state index contributed by atoms with van der Waals surface area (Å²) in [6, 6.07) is 0.0295. The smallest absolute Gasteiger partial charge is 0.0951 e. The van der Waals surface area contributed by atoms with Gasteiger partial charge in [-0.15, -0.1) is 0 Å². The van der Waals surface area contributed by atoms with Crippen LogP contribution in [-0.4, -0.2) is 35.5 Å². The Bertz CT molecular complexity index is 215. The van der Waals surface area contributed by atoms with Crippen molar-refractivity contribution in [2.75, 3.05) is 7.05 Å². The molecule has 0 bridgehead atoms. The first kappa shape index (κ1) is 15.9. The van der Waals surface area contributed by atoms with Crippen LogP contribution in [0.4, 0.5) is 0 Å². The Balaban J connectivity index is 2.42. The van der Waals surface area contributed by atoms with Crippen LogP contribution in [0.2, 0.25) is 0 Å². The highest BCUT2D eigenvalue weighted by molar-refractivity contribution is 4.84. The molecule has 0 unspecified atom stereocenters. The molecule has 0 aliphatic heterocycles. The van der Waals surface area contributed by atoms with Gasteiger partial charge < -0.3 is 15.5 Å². The Kier molecular flexibility index (Phi) is 7.20. The standard InChI is InChI=1S/C15H31NO2/c1-11(2)9-14(17)15(18)13(16-3)10-12-7-5-4-6-8-12/h11-18H,4-10H2,1-3H3/t13-,14-,15+/m0/s1. The lowest BCUT2D eigenvalue weighted by atomic mass is 9.82. The Morgan fingerprint density at radius 2 is 1.72 bits per heavy atom. The van der Waals surface area contributed by atoms with E-state index in [0.29, 0.717) is 12.3 Å². The van der Waals surface area contributed by atoms with Gasteiger partial charge in [-0.25, -0.2) is 0 Å². The van der Waals surface area contributed by atoms with Crippen LogP contribution in [0.3, 0.4) is 0 Å². The first-order chi connectivity index (χ1) is 8.54. The van der Waals surface area contributed by atoms with Crippen molar-refractivity contribution in [3.8, 4) is 0 Å². The maximum absolute atomic E-state index is 10.2. The van der Waals surface area contributed by atoms with E-state index in [1.165, 1.54) is 32.1 Å². The molecule has 1 rings (SSSR count). The molecule has 0 radical (unpaired) electrons. The fourth-order valence-corrected chi connectivity index (χ4v) is 3.10. The number of hydrogen-bond donors (Lipinski definition) is 3. The zero-order valence-electron chi connectivity index (χ0n) is 12.2. The van der Waals surface area contributed by atoms with Crippen LogP contribution in [0.1, 0.15) is 58.8 Å². The maximum Gasteiger partial charge on any atom is 0.0951 e.